The van der Waals surface area contributed by atoms with Crippen molar-refractivity contribution in [1.29, 1.82) is 0 Å². The number of nitrogens with zero attached hydrogens (tertiary/aromatic N) is 1. The zero-order valence-electron chi connectivity index (χ0n) is 11.3. The number of fused-ring (bicyclic) bond motifs is 1. The van der Waals surface area contributed by atoms with Gasteiger partial charge in [-0.15, -0.1) is 0 Å². The third kappa shape index (κ3) is 2.61. The van der Waals surface area contributed by atoms with Crippen LogP contribution in [0.4, 0.5) is 5.69 Å². The third-order valence-electron chi connectivity index (χ3n) is 3.22. The molecule has 2 amide bonds. The van der Waals surface area contributed by atoms with Crippen molar-refractivity contribution >= 4 is 44.7 Å². The Balaban J connectivity index is 2.36. The number of hydrogen-bond donors (Lipinski definition) is 2. The summed E-state index contributed by atoms with van der Waals surface area (Å²) < 4.78 is 26.3. The molecular formula is C12H13N3O4S2. The Morgan fingerprint density at radius 3 is 2.43 bits per heavy atom. The van der Waals surface area contributed by atoms with Crippen LogP contribution in [0.5, 0.6) is 0 Å². The molecule has 21 heavy (non-hydrogen) atoms. The van der Waals surface area contributed by atoms with E-state index in [0.717, 1.165) is 4.90 Å². The van der Waals surface area contributed by atoms with Crippen molar-refractivity contribution in [2.24, 2.45) is 5.73 Å². The quantitative estimate of drug-likeness (QED) is 0.609. The molecule has 1 aromatic rings. The summed E-state index contributed by atoms with van der Waals surface area (Å²) in [5.74, 6) is -0.889. The van der Waals surface area contributed by atoms with Crippen LogP contribution in [0.3, 0.4) is 0 Å². The Hall–Kier alpha value is -2.00. The molecule has 3 N–H and O–H groups in total. The lowest BCUT2D eigenvalue weighted by Gasteiger charge is -2.13. The number of sulfonamides is 1. The first-order chi connectivity index (χ1) is 9.65. The van der Waals surface area contributed by atoms with E-state index in [9.17, 15) is 18.0 Å². The number of anilines is 1. The average Bonchev–Trinajstić information content (AvgIpc) is 2.62. The van der Waals surface area contributed by atoms with Gasteiger partial charge in [0.15, 0.2) is 0 Å². The van der Waals surface area contributed by atoms with Gasteiger partial charge in [0.25, 0.3) is 11.8 Å². The van der Waals surface area contributed by atoms with Crippen LogP contribution in [-0.2, 0) is 10.0 Å². The summed E-state index contributed by atoms with van der Waals surface area (Å²) in [5.41, 5.74) is 5.91. The molecule has 0 radical (unpaired) electrons. The molecule has 7 nitrogen and oxygen atoms in total. The third-order valence-corrected chi connectivity index (χ3v) is 5.42. The van der Waals surface area contributed by atoms with E-state index in [-0.39, 0.29) is 21.8 Å². The molecule has 1 heterocycles. The molecule has 0 fully saturated rings. The first-order valence-electron chi connectivity index (χ1n) is 5.92. The lowest BCUT2D eigenvalue weighted by atomic mass is 10.1. The summed E-state index contributed by atoms with van der Waals surface area (Å²) in [5, 5.41) is -1.05. The van der Waals surface area contributed by atoms with Gasteiger partial charge in [-0.05, 0) is 25.1 Å². The summed E-state index contributed by atoms with van der Waals surface area (Å²) in [6.07, 6.45) is 0. The van der Waals surface area contributed by atoms with Gasteiger partial charge in [0.05, 0.1) is 16.1 Å². The van der Waals surface area contributed by atoms with Crippen LogP contribution in [-0.4, -0.2) is 42.4 Å². The highest BCUT2D eigenvalue weighted by Gasteiger charge is 2.33. The van der Waals surface area contributed by atoms with E-state index in [1.807, 2.05) is 0 Å². The van der Waals surface area contributed by atoms with Gasteiger partial charge >= 0.3 is 0 Å². The van der Waals surface area contributed by atoms with Crippen LogP contribution in [0.15, 0.2) is 18.2 Å². The molecule has 9 heteroatoms. The standard InChI is InChI=1S/C12H13N3O4S2/c1-6(10(13)20)21(18,19)14-7-3-4-8-9(5-7)12(17)15(2)11(8)16/h3-6,14H,1-2H3,(H2,13,20). The predicted molar refractivity (Wildman–Crippen MR) is 81.7 cm³/mol. The maximum absolute atomic E-state index is 12.0. The summed E-state index contributed by atoms with van der Waals surface area (Å²) in [4.78, 5) is 24.4. The molecular weight excluding hydrogens is 314 g/mol. The van der Waals surface area contributed by atoms with E-state index in [1.165, 1.54) is 32.2 Å². The maximum Gasteiger partial charge on any atom is 0.261 e. The van der Waals surface area contributed by atoms with Crippen molar-refractivity contribution in [2.75, 3.05) is 11.8 Å². The van der Waals surface area contributed by atoms with Gasteiger partial charge < -0.3 is 5.73 Å². The zero-order chi connectivity index (χ0) is 15.9. The number of imide groups is 1. The molecule has 0 saturated carbocycles. The van der Waals surface area contributed by atoms with Crippen molar-refractivity contribution in [3.63, 3.8) is 0 Å². The first-order valence-corrected chi connectivity index (χ1v) is 7.88. The molecule has 1 aliphatic rings. The van der Waals surface area contributed by atoms with Gasteiger partial charge in [-0.1, -0.05) is 12.2 Å². The highest BCUT2D eigenvalue weighted by atomic mass is 32.2. The number of amides is 2. The largest absolute Gasteiger partial charge is 0.392 e. The van der Waals surface area contributed by atoms with Crippen LogP contribution >= 0.6 is 12.2 Å². The number of thiocarbonyl (C=S) groups is 1. The number of carbonyl (C=O) groups excluding carboxylic acids is 2. The van der Waals surface area contributed by atoms with Gasteiger partial charge in [0.1, 0.15) is 5.25 Å². The average molecular weight is 327 g/mol. The van der Waals surface area contributed by atoms with Crippen molar-refractivity contribution in [2.45, 2.75) is 12.2 Å². The Morgan fingerprint density at radius 1 is 1.29 bits per heavy atom. The molecule has 1 aromatic carbocycles. The van der Waals surface area contributed by atoms with Crippen LogP contribution < -0.4 is 10.5 Å². The van der Waals surface area contributed by atoms with Crippen LogP contribution in [0, 0.1) is 0 Å². The second kappa shape index (κ2) is 5.08. The lowest BCUT2D eigenvalue weighted by molar-refractivity contribution is 0.0693. The molecule has 0 saturated heterocycles. The molecule has 0 spiro atoms. The molecule has 112 valence electrons. The van der Waals surface area contributed by atoms with Gasteiger partial charge in [-0.3, -0.25) is 19.2 Å². The molecule has 0 bridgehead atoms. The zero-order valence-corrected chi connectivity index (χ0v) is 12.9. The van der Waals surface area contributed by atoms with Crippen molar-refractivity contribution in [3.05, 3.63) is 29.3 Å². The van der Waals surface area contributed by atoms with E-state index >= 15 is 0 Å². The Morgan fingerprint density at radius 2 is 1.86 bits per heavy atom. The highest BCUT2D eigenvalue weighted by molar-refractivity contribution is 7.95. The fourth-order valence-electron chi connectivity index (χ4n) is 1.83. The Kier molecular flexibility index (Phi) is 3.72. The second-order valence-electron chi connectivity index (χ2n) is 4.62. The molecule has 0 aliphatic carbocycles. The number of nitrogens with two attached hydrogens (primary N) is 1. The normalized spacial score (nSPS) is 15.8. The minimum Gasteiger partial charge on any atom is -0.392 e. The SMILES string of the molecule is CC(C(N)=S)S(=O)(=O)Nc1ccc2c(c1)C(=O)N(C)C2=O. The topological polar surface area (TPSA) is 110 Å². The number of hydrogen-bond acceptors (Lipinski definition) is 5. The monoisotopic (exact) mass is 327 g/mol. The van der Waals surface area contributed by atoms with E-state index in [4.69, 9.17) is 5.73 Å². The summed E-state index contributed by atoms with van der Waals surface area (Å²) in [6.45, 7) is 1.36. The summed E-state index contributed by atoms with van der Waals surface area (Å²) in [7, 11) is -2.44. The minimum atomic E-state index is -3.80. The smallest absolute Gasteiger partial charge is 0.261 e. The van der Waals surface area contributed by atoms with E-state index < -0.39 is 27.1 Å². The number of nitrogens with one attached hydrogen (secondary N) is 1. The van der Waals surface area contributed by atoms with Gasteiger partial charge in [0.2, 0.25) is 10.0 Å². The number of carbonyl (C=O) groups is 2. The van der Waals surface area contributed by atoms with E-state index in [2.05, 4.69) is 16.9 Å². The van der Waals surface area contributed by atoms with E-state index in [0.29, 0.717) is 0 Å². The second-order valence-corrected chi connectivity index (χ2v) is 7.09. The lowest BCUT2D eigenvalue weighted by Crippen LogP contribution is -2.35. The van der Waals surface area contributed by atoms with E-state index in [1.54, 1.807) is 0 Å². The number of rotatable bonds is 4. The molecule has 0 aromatic heterocycles. The highest BCUT2D eigenvalue weighted by Crippen LogP contribution is 2.25. The van der Waals surface area contributed by atoms with Crippen LogP contribution in [0.1, 0.15) is 27.6 Å². The first kappa shape index (κ1) is 15.4. The van der Waals surface area contributed by atoms with Crippen LogP contribution in [0.2, 0.25) is 0 Å². The molecule has 1 aliphatic heterocycles. The predicted octanol–water partition coefficient (Wildman–Crippen LogP) is 0.329. The van der Waals surface area contributed by atoms with Gasteiger partial charge in [-0.2, -0.15) is 0 Å². The number of benzene rings is 1. The summed E-state index contributed by atoms with van der Waals surface area (Å²) in [6, 6.07) is 4.14. The Labute approximate surface area is 127 Å². The van der Waals surface area contributed by atoms with Gasteiger partial charge in [0, 0.05) is 12.7 Å². The summed E-state index contributed by atoms with van der Waals surface area (Å²) >= 11 is 4.66. The van der Waals surface area contributed by atoms with Gasteiger partial charge in [-0.25, -0.2) is 8.42 Å². The molecule has 1 atom stereocenters. The molecule has 1 unspecified atom stereocenters. The van der Waals surface area contributed by atoms with Crippen molar-refractivity contribution in [1.82, 2.24) is 4.90 Å². The van der Waals surface area contributed by atoms with Crippen molar-refractivity contribution in [3.8, 4) is 0 Å². The fraction of sp³-hybridized carbons (Fsp3) is 0.250. The van der Waals surface area contributed by atoms with Crippen LogP contribution in [0.25, 0.3) is 0 Å². The van der Waals surface area contributed by atoms with Crippen molar-refractivity contribution < 1.29 is 18.0 Å². The Bertz CT molecular complexity index is 758. The maximum atomic E-state index is 12.0. The fourth-order valence-corrected chi connectivity index (χ4v) is 3.15. The molecule has 2 rings (SSSR count). The minimum absolute atomic E-state index is 0.158.